The van der Waals surface area contributed by atoms with Crippen molar-refractivity contribution in [2.45, 2.75) is 43.7 Å². The lowest BCUT2D eigenvalue weighted by atomic mass is 9.97. The van der Waals surface area contributed by atoms with Crippen LogP contribution < -0.4 is 9.64 Å². The minimum Gasteiger partial charge on any atom is -0.494 e. The number of benzene rings is 1. The topological polar surface area (TPSA) is 56.1 Å². The molecular weight excluding hydrogens is 483 g/mol. The third-order valence-electron chi connectivity index (χ3n) is 6.53. The van der Waals surface area contributed by atoms with Crippen LogP contribution in [0.15, 0.2) is 36.7 Å². The molecule has 1 aliphatic heterocycles. The Morgan fingerprint density at radius 2 is 1.77 bits per heavy atom. The third kappa shape index (κ3) is 4.06. The molecule has 2 aliphatic rings. The zero-order chi connectivity index (χ0) is 25.1. The fourth-order valence-electron chi connectivity index (χ4n) is 5.05. The van der Waals surface area contributed by atoms with Crippen molar-refractivity contribution in [1.29, 1.82) is 0 Å². The summed E-state index contributed by atoms with van der Waals surface area (Å²) in [6.07, 6.45) is -6.82. The predicted octanol–water partition coefficient (Wildman–Crippen LogP) is 5.58. The van der Waals surface area contributed by atoms with Gasteiger partial charge in [-0.05, 0) is 49.4 Å². The number of alkyl halides is 6. The van der Waals surface area contributed by atoms with Crippen LogP contribution in [0, 0.1) is 11.7 Å². The Kier molecular flexibility index (Phi) is 5.40. The summed E-state index contributed by atoms with van der Waals surface area (Å²) >= 11 is 0. The number of hydrogen-bond acceptors (Lipinski definition) is 5. The lowest BCUT2D eigenvalue weighted by Crippen LogP contribution is -2.37. The number of pyridine rings is 1. The highest BCUT2D eigenvalue weighted by Crippen LogP contribution is 2.52. The highest BCUT2D eigenvalue weighted by Gasteiger charge is 2.50. The SMILES string of the molecule is COc1cc(-n2cnnc2[C@@H]2[C@H]3CC[C@H](C3)N2c2cc(C(F)(F)F)cc(C(F)(F)F)n2)ccc1F. The maximum Gasteiger partial charge on any atom is 0.433 e. The van der Waals surface area contributed by atoms with E-state index in [4.69, 9.17) is 4.74 Å². The fourth-order valence-corrected chi connectivity index (χ4v) is 5.05. The summed E-state index contributed by atoms with van der Waals surface area (Å²) in [7, 11) is 1.30. The molecule has 3 heterocycles. The molecule has 1 saturated carbocycles. The van der Waals surface area contributed by atoms with Gasteiger partial charge in [-0.15, -0.1) is 10.2 Å². The smallest absolute Gasteiger partial charge is 0.433 e. The second-order valence-corrected chi connectivity index (χ2v) is 8.55. The van der Waals surface area contributed by atoms with Crippen LogP contribution >= 0.6 is 0 Å². The van der Waals surface area contributed by atoms with Crippen molar-refractivity contribution >= 4 is 5.82 Å². The van der Waals surface area contributed by atoms with E-state index in [1.807, 2.05) is 0 Å². The van der Waals surface area contributed by atoms with Crippen LogP contribution in [0.2, 0.25) is 0 Å². The molecule has 1 aromatic carbocycles. The van der Waals surface area contributed by atoms with E-state index in [1.165, 1.54) is 41.1 Å². The van der Waals surface area contributed by atoms with Crippen LogP contribution in [0.1, 0.15) is 42.4 Å². The molecular formula is C22H18F7N5O. The Hall–Kier alpha value is -3.38. The number of aromatic nitrogens is 4. The quantitative estimate of drug-likeness (QED) is 0.437. The first-order chi connectivity index (χ1) is 16.5. The minimum absolute atomic E-state index is 0.0140. The van der Waals surface area contributed by atoms with E-state index in [0.717, 1.165) is 6.42 Å². The van der Waals surface area contributed by atoms with Crippen LogP contribution in [-0.4, -0.2) is 32.9 Å². The van der Waals surface area contributed by atoms with E-state index in [0.29, 0.717) is 30.4 Å². The first kappa shape index (κ1) is 23.4. The van der Waals surface area contributed by atoms with E-state index in [2.05, 4.69) is 15.2 Å². The number of ether oxygens (including phenoxy) is 1. The maximum atomic E-state index is 13.9. The monoisotopic (exact) mass is 501 g/mol. The number of methoxy groups -OCH3 is 1. The summed E-state index contributed by atoms with van der Waals surface area (Å²) in [6, 6.07) is 3.71. The number of halogens is 7. The molecule has 1 saturated heterocycles. The lowest BCUT2D eigenvalue weighted by Gasteiger charge is -2.36. The molecule has 0 amide bonds. The molecule has 0 spiro atoms. The number of nitrogens with zero attached hydrogens (tertiary/aromatic N) is 5. The third-order valence-corrected chi connectivity index (χ3v) is 6.53. The Labute approximate surface area is 194 Å². The largest absolute Gasteiger partial charge is 0.494 e. The number of rotatable bonds is 4. The first-order valence-corrected chi connectivity index (χ1v) is 10.7. The van der Waals surface area contributed by atoms with Gasteiger partial charge in [-0.1, -0.05) is 0 Å². The van der Waals surface area contributed by atoms with Crippen molar-refractivity contribution in [3.63, 3.8) is 0 Å². The highest BCUT2D eigenvalue weighted by molar-refractivity contribution is 5.51. The Morgan fingerprint density at radius 1 is 1.00 bits per heavy atom. The second-order valence-electron chi connectivity index (χ2n) is 8.55. The summed E-state index contributed by atoms with van der Waals surface area (Å²) in [5, 5.41) is 8.07. The van der Waals surface area contributed by atoms with Gasteiger partial charge in [0.25, 0.3) is 0 Å². The maximum absolute atomic E-state index is 13.9. The molecule has 2 bridgehead atoms. The van der Waals surface area contributed by atoms with Gasteiger partial charge >= 0.3 is 12.4 Å². The van der Waals surface area contributed by atoms with Gasteiger partial charge in [0.1, 0.15) is 17.8 Å². The summed E-state index contributed by atoms with van der Waals surface area (Å²) in [6.45, 7) is 0. The van der Waals surface area contributed by atoms with E-state index in [9.17, 15) is 30.7 Å². The zero-order valence-electron chi connectivity index (χ0n) is 18.1. The Morgan fingerprint density at radius 3 is 2.46 bits per heavy atom. The minimum atomic E-state index is -5.06. The molecule has 35 heavy (non-hydrogen) atoms. The summed E-state index contributed by atoms with van der Waals surface area (Å²) in [5.74, 6) is -0.841. The van der Waals surface area contributed by atoms with Crippen molar-refractivity contribution in [2.75, 3.05) is 12.0 Å². The van der Waals surface area contributed by atoms with Crippen LogP contribution in [0.5, 0.6) is 5.75 Å². The van der Waals surface area contributed by atoms with Gasteiger partial charge < -0.3 is 9.64 Å². The predicted molar refractivity (Wildman–Crippen MR) is 108 cm³/mol. The summed E-state index contributed by atoms with van der Waals surface area (Å²) in [5.41, 5.74) is -2.62. The molecule has 13 heteroatoms. The Bertz CT molecular complexity index is 1220. The van der Waals surface area contributed by atoms with E-state index >= 15 is 0 Å². The van der Waals surface area contributed by atoms with Crippen LogP contribution in [0.25, 0.3) is 5.69 Å². The average molecular weight is 501 g/mol. The van der Waals surface area contributed by atoms with E-state index in [-0.39, 0.29) is 23.8 Å². The normalized spacial score (nSPS) is 22.2. The number of piperidine rings is 1. The van der Waals surface area contributed by atoms with Gasteiger partial charge in [-0.2, -0.15) is 26.3 Å². The molecule has 3 aromatic rings. The molecule has 0 N–H and O–H groups in total. The van der Waals surface area contributed by atoms with Gasteiger partial charge in [0.2, 0.25) is 0 Å². The van der Waals surface area contributed by atoms with Gasteiger partial charge in [-0.25, -0.2) is 9.37 Å². The number of anilines is 1. The average Bonchev–Trinajstić information content (AvgIpc) is 3.53. The Balaban J connectivity index is 1.63. The molecule has 1 aliphatic carbocycles. The van der Waals surface area contributed by atoms with Crippen molar-refractivity contribution in [3.8, 4) is 11.4 Å². The molecule has 186 valence electrons. The van der Waals surface area contributed by atoms with Crippen molar-refractivity contribution in [2.24, 2.45) is 5.92 Å². The molecule has 0 radical (unpaired) electrons. The molecule has 0 unspecified atom stereocenters. The molecule has 3 atom stereocenters. The highest BCUT2D eigenvalue weighted by atomic mass is 19.4. The summed E-state index contributed by atoms with van der Waals surface area (Å²) < 4.78 is 101. The standard InChI is InChI=1S/C22H18F7N5O/c1-35-16-9-13(4-5-15(16)23)33-10-30-32-20(33)19-11-2-3-14(6-11)34(19)18-8-12(21(24,25)26)7-17(31-18)22(27,28)29/h4-5,7-11,14,19H,2-3,6H2,1H3/t11-,14+,19-/m0/s1. The number of hydrogen-bond donors (Lipinski definition) is 0. The van der Waals surface area contributed by atoms with Crippen LogP contribution in [0.4, 0.5) is 36.6 Å². The van der Waals surface area contributed by atoms with E-state index in [1.54, 1.807) is 0 Å². The fraction of sp³-hybridized carbons (Fsp3) is 0.409. The zero-order valence-corrected chi connectivity index (χ0v) is 18.1. The van der Waals surface area contributed by atoms with Gasteiger partial charge in [0.15, 0.2) is 17.4 Å². The molecule has 2 aromatic heterocycles. The van der Waals surface area contributed by atoms with Gasteiger partial charge in [0.05, 0.1) is 24.4 Å². The number of fused-ring (bicyclic) bond motifs is 2. The molecule has 6 nitrogen and oxygen atoms in total. The molecule has 5 rings (SSSR count). The van der Waals surface area contributed by atoms with Gasteiger partial charge in [-0.3, -0.25) is 4.57 Å². The van der Waals surface area contributed by atoms with Crippen molar-refractivity contribution in [3.05, 3.63) is 59.6 Å². The molecule has 2 fully saturated rings. The van der Waals surface area contributed by atoms with Gasteiger partial charge in [0, 0.05) is 12.1 Å². The van der Waals surface area contributed by atoms with E-state index < -0.39 is 41.3 Å². The van der Waals surface area contributed by atoms with Crippen LogP contribution in [0.3, 0.4) is 0 Å². The lowest BCUT2D eigenvalue weighted by molar-refractivity contribution is -0.145. The second kappa shape index (κ2) is 8.09. The first-order valence-electron chi connectivity index (χ1n) is 10.7. The van der Waals surface area contributed by atoms with Crippen molar-refractivity contribution < 1.29 is 35.5 Å². The van der Waals surface area contributed by atoms with Crippen LogP contribution in [-0.2, 0) is 12.4 Å². The summed E-state index contributed by atoms with van der Waals surface area (Å²) in [4.78, 5) is 5.08. The van der Waals surface area contributed by atoms with Crippen molar-refractivity contribution in [1.82, 2.24) is 19.7 Å².